The fraction of sp³-hybridized carbons (Fsp3) is 0. The quantitative estimate of drug-likeness (QED) is 0.709. The molecule has 4 nitrogen and oxygen atoms in total. The first-order chi connectivity index (χ1) is 10.1. The van der Waals surface area contributed by atoms with Crippen molar-refractivity contribution in [2.75, 3.05) is 11.1 Å². The van der Waals surface area contributed by atoms with Gasteiger partial charge in [0.05, 0.1) is 16.9 Å². The number of nitrogens with zero attached hydrogens (tertiary/aromatic N) is 1. The highest BCUT2D eigenvalue weighted by Crippen LogP contribution is 2.26. The van der Waals surface area contributed by atoms with Crippen molar-refractivity contribution < 1.29 is 9.18 Å². The van der Waals surface area contributed by atoms with Gasteiger partial charge in [0.25, 0.3) is 5.91 Å². The van der Waals surface area contributed by atoms with Crippen LogP contribution in [-0.2, 0) is 0 Å². The summed E-state index contributed by atoms with van der Waals surface area (Å²) >= 11 is 0. The summed E-state index contributed by atoms with van der Waals surface area (Å²) in [4.78, 5) is 16.4. The van der Waals surface area contributed by atoms with E-state index in [0.717, 1.165) is 5.39 Å². The van der Waals surface area contributed by atoms with E-state index in [9.17, 15) is 9.18 Å². The number of nitrogen functional groups attached to an aromatic ring is 1. The Hall–Kier alpha value is -2.95. The molecule has 1 aromatic heterocycles. The van der Waals surface area contributed by atoms with E-state index in [1.165, 1.54) is 24.3 Å². The average molecular weight is 281 g/mol. The normalized spacial score (nSPS) is 10.5. The molecule has 0 fully saturated rings. The molecule has 3 aromatic rings. The number of carbonyl (C=O) groups is 1. The topological polar surface area (TPSA) is 68.0 Å². The van der Waals surface area contributed by atoms with Gasteiger partial charge in [0.15, 0.2) is 0 Å². The molecule has 3 rings (SSSR count). The van der Waals surface area contributed by atoms with Crippen molar-refractivity contribution in [3.63, 3.8) is 0 Å². The molecular formula is C16H12FN3O. The van der Waals surface area contributed by atoms with E-state index in [1.807, 2.05) is 6.07 Å². The van der Waals surface area contributed by atoms with Gasteiger partial charge in [-0.2, -0.15) is 0 Å². The zero-order valence-electron chi connectivity index (χ0n) is 11.0. The third kappa shape index (κ3) is 2.53. The molecule has 1 heterocycles. The molecule has 2 aromatic carbocycles. The summed E-state index contributed by atoms with van der Waals surface area (Å²) in [7, 11) is 0. The van der Waals surface area contributed by atoms with Gasteiger partial charge in [-0.25, -0.2) is 4.39 Å². The number of hydrogen-bond acceptors (Lipinski definition) is 3. The number of nitrogens with one attached hydrogen (secondary N) is 1. The number of rotatable bonds is 2. The molecule has 0 unspecified atom stereocenters. The summed E-state index contributed by atoms with van der Waals surface area (Å²) in [5.41, 5.74) is 8.04. The van der Waals surface area contributed by atoms with Crippen molar-refractivity contribution >= 4 is 28.2 Å². The Morgan fingerprint density at radius 3 is 2.62 bits per heavy atom. The van der Waals surface area contributed by atoms with E-state index in [4.69, 9.17) is 5.73 Å². The monoisotopic (exact) mass is 281 g/mol. The van der Waals surface area contributed by atoms with Gasteiger partial charge in [0.1, 0.15) is 5.82 Å². The predicted molar refractivity (Wildman–Crippen MR) is 80.5 cm³/mol. The molecule has 0 atom stereocenters. The maximum absolute atomic E-state index is 12.9. The van der Waals surface area contributed by atoms with Crippen LogP contribution in [0.15, 0.2) is 54.7 Å². The van der Waals surface area contributed by atoms with Crippen LogP contribution in [-0.4, -0.2) is 10.9 Å². The predicted octanol–water partition coefficient (Wildman–Crippen LogP) is 3.21. The third-order valence-electron chi connectivity index (χ3n) is 3.16. The van der Waals surface area contributed by atoms with E-state index in [0.29, 0.717) is 22.5 Å². The summed E-state index contributed by atoms with van der Waals surface area (Å²) in [6, 6.07) is 12.4. The molecule has 0 radical (unpaired) electrons. The summed E-state index contributed by atoms with van der Waals surface area (Å²) in [6.07, 6.45) is 1.64. The minimum Gasteiger partial charge on any atom is -0.397 e. The third-order valence-corrected chi connectivity index (χ3v) is 3.16. The second-order valence-electron chi connectivity index (χ2n) is 4.56. The molecule has 0 aliphatic carbocycles. The van der Waals surface area contributed by atoms with Crippen molar-refractivity contribution in [3.8, 4) is 0 Å². The van der Waals surface area contributed by atoms with Crippen molar-refractivity contribution in [1.29, 1.82) is 0 Å². The summed E-state index contributed by atoms with van der Waals surface area (Å²) in [6.45, 7) is 0. The summed E-state index contributed by atoms with van der Waals surface area (Å²) in [5, 5.41) is 3.55. The molecule has 3 N–H and O–H groups in total. The van der Waals surface area contributed by atoms with Gasteiger partial charge in [-0.1, -0.05) is 0 Å². The first-order valence-corrected chi connectivity index (χ1v) is 6.35. The van der Waals surface area contributed by atoms with Crippen LogP contribution in [0, 0.1) is 5.82 Å². The number of pyridine rings is 1. The standard InChI is InChI=1S/C16H12FN3O/c17-11-5-3-10(4-6-11)16(21)20-14-8-7-13(18)15-12(14)2-1-9-19-15/h1-9H,18H2,(H,20,21). The first kappa shape index (κ1) is 13.1. The Bertz CT molecular complexity index is 815. The van der Waals surface area contributed by atoms with Gasteiger partial charge in [-0.15, -0.1) is 0 Å². The van der Waals surface area contributed by atoms with Crippen LogP contribution in [0.4, 0.5) is 15.8 Å². The summed E-state index contributed by atoms with van der Waals surface area (Å²) < 4.78 is 12.9. The lowest BCUT2D eigenvalue weighted by Gasteiger charge is -2.09. The Morgan fingerprint density at radius 1 is 1.10 bits per heavy atom. The lowest BCUT2D eigenvalue weighted by molar-refractivity contribution is 0.102. The highest BCUT2D eigenvalue weighted by Gasteiger charge is 2.10. The zero-order valence-corrected chi connectivity index (χ0v) is 11.0. The summed E-state index contributed by atoms with van der Waals surface area (Å²) in [5.74, 6) is -0.696. The van der Waals surface area contributed by atoms with E-state index in [2.05, 4.69) is 10.3 Å². The molecule has 0 bridgehead atoms. The highest BCUT2D eigenvalue weighted by molar-refractivity contribution is 6.10. The van der Waals surface area contributed by atoms with Crippen LogP contribution in [0.2, 0.25) is 0 Å². The second kappa shape index (κ2) is 5.20. The number of halogens is 1. The molecule has 1 amide bonds. The SMILES string of the molecule is Nc1ccc(NC(=O)c2ccc(F)cc2)c2cccnc12. The number of nitrogens with two attached hydrogens (primary N) is 1. The fourth-order valence-electron chi connectivity index (χ4n) is 2.10. The number of benzene rings is 2. The average Bonchev–Trinajstić information content (AvgIpc) is 2.51. The maximum Gasteiger partial charge on any atom is 0.255 e. The Morgan fingerprint density at radius 2 is 1.86 bits per heavy atom. The molecule has 21 heavy (non-hydrogen) atoms. The zero-order chi connectivity index (χ0) is 14.8. The van der Waals surface area contributed by atoms with Crippen LogP contribution in [0.1, 0.15) is 10.4 Å². The van der Waals surface area contributed by atoms with Crippen LogP contribution in [0.25, 0.3) is 10.9 Å². The smallest absolute Gasteiger partial charge is 0.255 e. The van der Waals surface area contributed by atoms with Crippen molar-refractivity contribution in [1.82, 2.24) is 4.98 Å². The number of carbonyl (C=O) groups excluding carboxylic acids is 1. The number of hydrogen-bond donors (Lipinski definition) is 2. The van der Waals surface area contributed by atoms with Crippen LogP contribution < -0.4 is 11.1 Å². The molecule has 0 aliphatic rings. The van der Waals surface area contributed by atoms with Gasteiger partial charge >= 0.3 is 0 Å². The van der Waals surface area contributed by atoms with Gasteiger partial charge in [0, 0.05) is 17.1 Å². The lowest BCUT2D eigenvalue weighted by atomic mass is 10.1. The second-order valence-corrected chi connectivity index (χ2v) is 4.56. The van der Waals surface area contributed by atoms with Crippen molar-refractivity contribution in [3.05, 3.63) is 66.1 Å². The minimum absolute atomic E-state index is 0.315. The van der Waals surface area contributed by atoms with Crippen LogP contribution >= 0.6 is 0 Å². The highest BCUT2D eigenvalue weighted by atomic mass is 19.1. The number of anilines is 2. The van der Waals surface area contributed by atoms with Gasteiger partial charge in [-0.3, -0.25) is 9.78 Å². The van der Waals surface area contributed by atoms with Crippen molar-refractivity contribution in [2.45, 2.75) is 0 Å². The van der Waals surface area contributed by atoms with E-state index in [1.54, 1.807) is 24.4 Å². The lowest BCUT2D eigenvalue weighted by Crippen LogP contribution is -2.12. The van der Waals surface area contributed by atoms with Crippen LogP contribution in [0.3, 0.4) is 0 Å². The molecule has 5 heteroatoms. The fourth-order valence-corrected chi connectivity index (χ4v) is 2.10. The Kier molecular flexibility index (Phi) is 3.23. The minimum atomic E-state index is -0.381. The number of fused-ring (bicyclic) bond motifs is 1. The van der Waals surface area contributed by atoms with Crippen LogP contribution in [0.5, 0.6) is 0 Å². The van der Waals surface area contributed by atoms with Crippen molar-refractivity contribution in [2.24, 2.45) is 0 Å². The maximum atomic E-state index is 12.9. The molecular weight excluding hydrogens is 269 g/mol. The van der Waals surface area contributed by atoms with Gasteiger partial charge in [-0.05, 0) is 48.5 Å². The molecule has 0 aliphatic heterocycles. The molecule has 0 saturated carbocycles. The van der Waals surface area contributed by atoms with Gasteiger partial charge in [0.2, 0.25) is 0 Å². The molecule has 0 spiro atoms. The number of amides is 1. The number of aromatic nitrogens is 1. The van der Waals surface area contributed by atoms with Gasteiger partial charge < -0.3 is 11.1 Å². The van der Waals surface area contributed by atoms with E-state index < -0.39 is 0 Å². The van der Waals surface area contributed by atoms with E-state index in [-0.39, 0.29) is 11.7 Å². The molecule has 0 saturated heterocycles. The van der Waals surface area contributed by atoms with E-state index >= 15 is 0 Å². The first-order valence-electron chi connectivity index (χ1n) is 6.35. The largest absolute Gasteiger partial charge is 0.397 e. The Balaban J connectivity index is 1.97. The Labute approximate surface area is 120 Å². The molecule has 104 valence electrons.